The zero-order chi connectivity index (χ0) is 13.8. The van der Waals surface area contributed by atoms with E-state index in [9.17, 15) is 0 Å². The molecule has 1 N–H and O–H groups in total. The first-order chi connectivity index (χ1) is 9.10. The van der Waals surface area contributed by atoms with Crippen molar-refractivity contribution in [2.75, 3.05) is 24.3 Å². The summed E-state index contributed by atoms with van der Waals surface area (Å²) in [6.45, 7) is 0.692. The summed E-state index contributed by atoms with van der Waals surface area (Å²) in [5, 5.41) is 4.15. The number of hydrogen-bond donors (Lipinski definition) is 1. The van der Waals surface area contributed by atoms with Gasteiger partial charge in [0.1, 0.15) is 5.02 Å². The van der Waals surface area contributed by atoms with Crippen LogP contribution in [0.2, 0.25) is 10.0 Å². The number of halogens is 2. The number of nitrogens with zero attached hydrogens (tertiary/aromatic N) is 3. The molecule has 0 fully saturated rings. The molecule has 4 nitrogen and oxygen atoms in total. The lowest BCUT2D eigenvalue weighted by atomic mass is 10.2. The third-order valence-corrected chi connectivity index (χ3v) is 3.16. The van der Waals surface area contributed by atoms with Gasteiger partial charge in [0.05, 0.1) is 6.20 Å². The van der Waals surface area contributed by atoms with E-state index in [1.165, 1.54) is 0 Å². The van der Waals surface area contributed by atoms with Crippen LogP contribution in [0.5, 0.6) is 0 Å². The van der Waals surface area contributed by atoms with Gasteiger partial charge in [-0.3, -0.25) is 0 Å². The molecule has 6 heteroatoms. The largest absolute Gasteiger partial charge is 0.357 e. The lowest BCUT2D eigenvalue weighted by Gasteiger charge is -2.19. The fourth-order valence-corrected chi connectivity index (χ4v) is 2.05. The van der Waals surface area contributed by atoms with Crippen LogP contribution in [0.15, 0.2) is 30.5 Å². The molecule has 0 aliphatic heterocycles. The van der Waals surface area contributed by atoms with E-state index < -0.39 is 0 Å². The summed E-state index contributed by atoms with van der Waals surface area (Å²) in [4.78, 5) is 10.4. The normalized spacial score (nSPS) is 10.3. The van der Waals surface area contributed by atoms with Crippen LogP contribution >= 0.6 is 23.2 Å². The molecule has 0 unspecified atom stereocenters. The molecule has 2 rings (SSSR count). The molecule has 1 aromatic heterocycles. The number of hydrogen-bond acceptors (Lipinski definition) is 4. The van der Waals surface area contributed by atoms with Gasteiger partial charge in [-0.2, -0.15) is 4.98 Å². The standard InChI is InChI=1S/C13H14Cl2N4/c1-16-13-17-7-11(15)12(18-13)19(2)8-9-3-5-10(14)6-4-9/h3-7H,8H2,1-2H3,(H,16,17,18). The van der Waals surface area contributed by atoms with E-state index in [0.717, 1.165) is 10.6 Å². The SMILES string of the molecule is CNc1ncc(Cl)c(N(C)Cc2ccc(Cl)cc2)n1. The highest BCUT2D eigenvalue weighted by Crippen LogP contribution is 2.24. The van der Waals surface area contributed by atoms with Crippen molar-refractivity contribution >= 4 is 35.0 Å². The molecule has 0 amide bonds. The van der Waals surface area contributed by atoms with Crippen LogP contribution in [0.25, 0.3) is 0 Å². The number of anilines is 2. The summed E-state index contributed by atoms with van der Waals surface area (Å²) in [7, 11) is 3.70. The minimum atomic E-state index is 0.524. The summed E-state index contributed by atoms with van der Waals surface area (Å²) in [5.74, 6) is 1.23. The van der Waals surface area contributed by atoms with Gasteiger partial charge in [-0.05, 0) is 17.7 Å². The first-order valence-electron chi connectivity index (χ1n) is 5.76. The van der Waals surface area contributed by atoms with Crippen LogP contribution in [-0.2, 0) is 6.54 Å². The second kappa shape index (κ2) is 6.08. The van der Waals surface area contributed by atoms with Gasteiger partial charge in [-0.25, -0.2) is 4.98 Å². The zero-order valence-corrected chi connectivity index (χ0v) is 12.2. The van der Waals surface area contributed by atoms with Crippen molar-refractivity contribution in [1.82, 2.24) is 9.97 Å². The second-order valence-corrected chi connectivity index (χ2v) is 4.94. The van der Waals surface area contributed by atoms with Crippen molar-refractivity contribution < 1.29 is 0 Å². The lowest BCUT2D eigenvalue weighted by Crippen LogP contribution is -2.18. The first kappa shape index (κ1) is 13.9. The Balaban J connectivity index is 2.19. The Labute approximate surface area is 122 Å². The lowest BCUT2D eigenvalue weighted by molar-refractivity contribution is 0.892. The molecule has 100 valence electrons. The Morgan fingerprint density at radius 3 is 2.53 bits per heavy atom. The Morgan fingerprint density at radius 1 is 1.21 bits per heavy atom. The molecule has 0 bridgehead atoms. The summed E-state index contributed by atoms with van der Waals surface area (Å²) >= 11 is 12.0. The van der Waals surface area contributed by atoms with Crippen molar-refractivity contribution in [1.29, 1.82) is 0 Å². The maximum absolute atomic E-state index is 6.12. The summed E-state index contributed by atoms with van der Waals surface area (Å²) in [6, 6.07) is 7.69. The zero-order valence-electron chi connectivity index (χ0n) is 10.7. The van der Waals surface area contributed by atoms with Crippen molar-refractivity contribution in [3.8, 4) is 0 Å². The van der Waals surface area contributed by atoms with Gasteiger partial charge in [-0.15, -0.1) is 0 Å². The molecule has 0 aliphatic rings. The minimum Gasteiger partial charge on any atom is -0.357 e. The molecular weight excluding hydrogens is 283 g/mol. The average Bonchev–Trinajstić information content (AvgIpc) is 2.42. The van der Waals surface area contributed by atoms with Crippen molar-refractivity contribution in [3.63, 3.8) is 0 Å². The van der Waals surface area contributed by atoms with Crippen LogP contribution in [0.3, 0.4) is 0 Å². The summed E-state index contributed by atoms with van der Waals surface area (Å²) in [6.07, 6.45) is 1.59. The van der Waals surface area contributed by atoms with Gasteiger partial charge < -0.3 is 10.2 Å². The van der Waals surface area contributed by atoms with E-state index in [-0.39, 0.29) is 0 Å². The maximum Gasteiger partial charge on any atom is 0.224 e. The predicted octanol–water partition coefficient (Wildman–Crippen LogP) is 3.46. The molecule has 0 radical (unpaired) electrons. The molecule has 0 saturated heterocycles. The van der Waals surface area contributed by atoms with Gasteiger partial charge in [0, 0.05) is 25.7 Å². The molecule has 0 spiro atoms. The predicted molar refractivity (Wildman–Crippen MR) is 80.1 cm³/mol. The Morgan fingerprint density at radius 2 is 1.89 bits per heavy atom. The molecule has 1 heterocycles. The highest BCUT2D eigenvalue weighted by molar-refractivity contribution is 6.32. The molecule has 0 atom stereocenters. The van der Waals surface area contributed by atoms with E-state index in [1.54, 1.807) is 13.2 Å². The molecular formula is C13H14Cl2N4. The molecule has 2 aromatic rings. The van der Waals surface area contributed by atoms with Crippen LogP contribution in [-0.4, -0.2) is 24.1 Å². The molecule has 1 aromatic carbocycles. The van der Waals surface area contributed by atoms with Gasteiger partial charge >= 0.3 is 0 Å². The van der Waals surface area contributed by atoms with E-state index in [0.29, 0.717) is 23.3 Å². The Bertz CT molecular complexity index is 557. The topological polar surface area (TPSA) is 41.1 Å². The van der Waals surface area contributed by atoms with Gasteiger partial charge in [0.2, 0.25) is 5.95 Å². The van der Waals surface area contributed by atoms with Crippen molar-refractivity contribution in [2.24, 2.45) is 0 Å². The second-order valence-electron chi connectivity index (χ2n) is 4.10. The van der Waals surface area contributed by atoms with E-state index in [4.69, 9.17) is 23.2 Å². The van der Waals surface area contributed by atoms with Gasteiger partial charge in [-0.1, -0.05) is 35.3 Å². The van der Waals surface area contributed by atoms with Crippen LogP contribution in [0.4, 0.5) is 11.8 Å². The van der Waals surface area contributed by atoms with Crippen LogP contribution < -0.4 is 10.2 Å². The number of aromatic nitrogens is 2. The van der Waals surface area contributed by atoms with E-state index in [2.05, 4.69) is 15.3 Å². The summed E-state index contributed by atoms with van der Waals surface area (Å²) < 4.78 is 0. The quantitative estimate of drug-likeness (QED) is 0.938. The fourth-order valence-electron chi connectivity index (χ4n) is 1.68. The van der Waals surface area contributed by atoms with Gasteiger partial charge in [0.15, 0.2) is 5.82 Å². The smallest absolute Gasteiger partial charge is 0.224 e. The molecule has 19 heavy (non-hydrogen) atoms. The van der Waals surface area contributed by atoms with Gasteiger partial charge in [0.25, 0.3) is 0 Å². The van der Waals surface area contributed by atoms with Crippen LogP contribution in [0.1, 0.15) is 5.56 Å². The highest BCUT2D eigenvalue weighted by atomic mass is 35.5. The number of nitrogens with one attached hydrogen (secondary N) is 1. The first-order valence-corrected chi connectivity index (χ1v) is 6.51. The monoisotopic (exact) mass is 296 g/mol. The summed E-state index contributed by atoms with van der Waals surface area (Å²) in [5.41, 5.74) is 1.13. The number of rotatable bonds is 4. The Kier molecular flexibility index (Phi) is 4.45. The van der Waals surface area contributed by atoms with Crippen molar-refractivity contribution in [2.45, 2.75) is 6.54 Å². The average molecular weight is 297 g/mol. The van der Waals surface area contributed by atoms with E-state index in [1.807, 2.05) is 36.2 Å². The van der Waals surface area contributed by atoms with Crippen molar-refractivity contribution in [3.05, 3.63) is 46.1 Å². The fraction of sp³-hybridized carbons (Fsp3) is 0.231. The number of benzene rings is 1. The minimum absolute atomic E-state index is 0.524. The molecule has 0 aliphatic carbocycles. The third-order valence-electron chi connectivity index (χ3n) is 2.64. The molecule has 0 saturated carbocycles. The Hall–Kier alpha value is -1.52. The maximum atomic E-state index is 6.12. The van der Waals surface area contributed by atoms with E-state index >= 15 is 0 Å². The van der Waals surface area contributed by atoms with Crippen LogP contribution in [0, 0.1) is 0 Å². The highest BCUT2D eigenvalue weighted by Gasteiger charge is 2.10. The third kappa shape index (κ3) is 3.49.